The monoisotopic (exact) mass is 700 g/mol. The lowest BCUT2D eigenvalue weighted by molar-refractivity contribution is 0.209. The normalized spacial score (nSPS) is 12.5. The molecule has 0 bridgehead atoms. The largest absolute Gasteiger partial charge is 0.496 e. The number of carbonyl (C=O) groups is 1. The van der Waals surface area contributed by atoms with Gasteiger partial charge in [-0.1, -0.05) is 94.8 Å². The fourth-order valence-electron chi connectivity index (χ4n) is 6.56. The zero-order chi connectivity index (χ0) is 35.9. The van der Waals surface area contributed by atoms with Crippen molar-refractivity contribution in [3.63, 3.8) is 0 Å². The first-order valence-corrected chi connectivity index (χ1v) is 18.6. The first-order chi connectivity index (χ1) is 24.0. The highest BCUT2D eigenvalue weighted by molar-refractivity contribution is 6.99. The predicted molar refractivity (Wildman–Crippen MR) is 195 cm³/mol. The van der Waals surface area contributed by atoms with Gasteiger partial charge in [0, 0.05) is 29.8 Å². The number of aliphatic hydroxyl groups is 1. The second-order valence-electron chi connectivity index (χ2n) is 13.2. The zero-order valence-electron chi connectivity index (χ0n) is 29.1. The van der Waals surface area contributed by atoms with Gasteiger partial charge in [0.05, 0.1) is 26.5 Å². The van der Waals surface area contributed by atoms with Crippen LogP contribution in [0.4, 0.5) is 21.0 Å². The van der Waals surface area contributed by atoms with Gasteiger partial charge in [0.15, 0.2) is 5.82 Å². The van der Waals surface area contributed by atoms with E-state index in [1.54, 1.807) is 4.68 Å². The minimum absolute atomic E-state index is 0.0900. The summed E-state index contributed by atoms with van der Waals surface area (Å²) in [6, 6.07) is 23.7. The Balaban J connectivity index is 1.50. The van der Waals surface area contributed by atoms with Gasteiger partial charge in [-0.15, -0.1) is 0 Å². The molecule has 0 fully saturated rings. The maximum atomic E-state index is 14.5. The van der Waals surface area contributed by atoms with E-state index in [1.807, 2.05) is 12.1 Å². The number of ether oxygens (including phenoxy) is 1. The van der Waals surface area contributed by atoms with Gasteiger partial charge in [0.2, 0.25) is 5.95 Å². The van der Waals surface area contributed by atoms with E-state index < -0.39 is 26.8 Å². The van der Waals surface area contributed by atoms with Crippen molar-refractivity contribution in [2.75, 3.05) is 24.4 Å². The van der Waals surface area contributed by atoms with Gasteiger partial charge < -0.3 is 24.7 Å². The highest BCUT2D eigenvalue weighted by Crippen LogP contribution is 2.37. The average molecular weight is 701 g/mol. The summed E-state index contributed by atoms with van der Waals surface area (Å²) in [5.41, 5.74) is 1.66. The highest BCUT2D eigenvalue weighted by Gasteiger charge is 2.50. The first-order valence-electron chi connectivity index (χ1n) is 16.7. The Labute approximate surface area is 292 Å². The number of rotatable bonds is 15. The standard InChI is InChI=1S/C37H45FN6O5Si/c1-6-13-27(18-19-49-50(37(2,3)4,28-14-9-7-10-15-28)29-16-11-8-12-17-29)40-34-33-31(41-35(42-34)43-36(46)47)22-39-44(33)23-25-20-26(24-45)30(38)21-32(25)48-5/h7-12,14-17,20-22,27,45H,6,13,18-19,23-24H2,1-5H3,(H,46,47)(H2,40,41,42,43)/t27-/m0/s1. The van der Waals surface area contributed by atoms with E-state index in [1.165, 1.54) is 35.8 Å². The first kappa shape index (κ1) is 36.4. The van der Waals surface area contributed by atoms with Crippen LogP contribution in [0.5, 0.6) is 5.75 Å². The summed E-state index contributed by atoms with van der Waals surface area (Å²) in [4.78, 5) is 20.6. The number of carboxylic acid groups (broad SMARTS) is 1. The lowest BCUT2D eigenvalue weighted by atomic mass is 10.1. The Morgan fingerprint density at radius 1 is 1.00 bits per heavy atom. The van der Waals surface area contributed by atoms with Gasteiger partial charge in [-0.25, -0.2) is 14.2 Å². The summed E-state index contributed by atoms with van der Waals surface area (Å²) >= 11 is 0. The van der Waals surface area contributed by atoms with Gasteiger partial charge >= 0.3 is 6.09 Å². The smallest absolute Gasteiger partial charge is 0.411 e. The van der Waals surface area contributed by atoms with Crippen molar-refractivity contribution in [3.05, 3.63) is 95.9 Å². The van der Waals surface area contributed by atoms with Crippen molar-refractivity contribution in [1.82, 2.24) is 19.7 Å². The molecule has 50 heavy (non-hydrogen) atoms. The number of aliphatic hydroxyl groups excluding tert-OH is 1. The van der Waals surface area contributed by atoms with Gasteiger partial charge in [0.1, 0.15) is 22.6 Å². The number of nitrogens with zero attached hydrogens (tertiary/aromatic N) is 4. The molecule has 4 N–H and O–H groups in total. The lowest BCUT2D eigenvalue weighted by Gasteiger charge is -2.43. The molecule has 0 spiro atoms. The number of hydrogen-bond acceptors (Lipinski definition) is 8. The van der Waals surface area contributed by atoms with Crippen molar-refractivity contribution in [1.29, 1.82) is 0 Å². The van der Waals surface area contributed by atoms with Gasteiger partial charge in [-0.05, 0) is 34.3 Å². The molecule has 2 aromatic heterocycles. The second kappa shape index (κ2) is 15.8. The van der Waals surface area contributed by atoms with E-state index in [4.69, 9.17) is 9.16 Å². The molecule has 13 heteroatoms. The summed E-state index contributed by atoms with van der Waals surface area (Å²) in [6.07, 6.45) is 2.54. The average Bonchev–Trinajstić information content (AvgIpc) is 3.49. The minimum Gasteiger partial charge on any atom is -0.496 e. The quantitative estimate of drug-likeness (QED) is 0.0946. The number of methoxy groups -OCH3 is 1. The van der Waals surface area contributed by atoms with Crippen LogP contribution in [0.1, 0.15) is 58.1 Å². The van der Waals surface area contributed by atoms with Crippen molar-refractivity contribution < 1.29 is 28.6 Å². The maximum Gasteiger partial charge on any atom is 0.411 e. The molecule has 2 heterocycles. The molecule has 5 aromatic rings. The van der Waals surface area contributed by atoms with Crippen molar-refractivity contribution in [3.8, 4) is 5.75 Å². The summed E-state index contributed by atoms with van der Waals surface area (Å²) in [7, 11) is -1.32. The predicted octanol–water partition coefficient (Wildman–Crippen LogP) is 6.15. The van der Waals surface area contributed by atoms with Gasteiger partial charge in [-0.3, -0.25) is 10.00 Å². The SMILES string of the molecule is CCC[C@@H](CCO[Si](c1ccccc1)(c1ccccc1)C(C)(C)C)Nc1nc(NC(=O)O)nc2cnn(Cc3cc(CO)c(F)cc3OC)c12. The number of fused-ring (bicyclic) bond motifs is 1. The fourth-order valence-corrected chi connectivity index (χ4v) is 11.1. The highest BCUT2D eigenvalue weighted by atomic mass is 28.4. The number of halogens is 1. The molecule has 0 saturated carbocycles. The Morgan fingerprint density at radius 3 is 2.22 bits per heavy atom. The zero-order valence-corrected chi connectivity index (χ0v) is 30.1. The summed E-state index contributed by atoms with van der Waals surface area (Å²) in [5, 5.41) is 31.8. The van der Waals surface area contributed by atoms with E-state index >= 15 is 0 Å². The second-order valence-corrected chi connectivity index (χ2v) is 17.5. The number of nitrogens with one attached hydrogen (secondary N) is 2. The van der Waals surface area contributed by atoms with E-state index in [0.29, 0.717) is 41.2 Å². The maximum absolute atomic E-state index is 14.5. The van der Waals surface area contributed by atoms with Crippen LogP contribution < -0.4 is 25.7 Å². The van der Waals surface area contributed by atoms with Gasteiger partial charge in [0.25, 0.3) is 8.32 Å². The summed E-state index contributed by atoms with van der Waals surface area (Å²) < 4.78 is 28.7. The van der Waals surface area contributed by atoms with E-state index in [0.717, 1.165) is 12.8 Å². The van der Waals surface area contributed by atoms with Crippen LogP contribution in [0.2, 0.25) is 5.04 Å². The van der Waals surface area contributed by atoms with Crippen LogP contribution in [0.15, 0.2) is 79.0 Å². The van der Waals surface area contributed by atoms with E-state index in [9.17, 15) is 19.4 Å². The molecule has 0 aliphatic heterocycles. The third kappa shape index (κ3) is 7.80. The molecule has 1 atom stereocenters. The summed E-state index contributed by atoms with van der Waals surface area (Å²) in [6.45, 7) is 8.99. The molecule has 0 unspecified atom stereocenters. The van der Waals surface area contributed by atoms with Crippen LogP contribution in [-0.2, 0) is 17.6 Å². The molecule has 0 saturated heterocycles. The summed E-state index contributed by atoms with van der Waals surface area (Å²) in [5.74, 6) is 0.0277. The number of anilines is 2. The number of hydrogen-bond donors (Lipinski definition) is 4. The Hall–Kier alpha value is -4.85. The van der Waals surface area contributed by atoms with E-state index in [-0.39, 0.29) is 29.1 Å². The molecule has 0 aliphatic carbocycles. The van der Waals surface area contributed by atoms with Crippen molar-refractivity contribution in [2.45, 2.75) is 71.2 Å². The molecular formula is C37H45FN6O5Si. The molecular weight excluding hydrogens is 656 g/mol. The third-order valence-corrected chi connectivity index (χ3v) is 13.9. The van der Waals surface area contributed by atoms with Crippen LogP contribution >= 0.6 is 0 Å². The molecule has 5 rings (SSSR count). The number of benzene rings is 3. The van der Waals surface area contributed by atoms with Crippen LogP contribution in [0.25, 0.3) is 11.0 Å². The molecule has 0 radical (unpaired) electrons. The Kier molecular flexibility index (Phi) is 11.5. The number of aromatic nitrogens is 4. The lowest BCUT2D eigenvalue weighted by Crippen LogP contribution is -2.66. The minimum atomic E-state index is -2.76. The topological polar surface area (TPSA) is 144 Å². The van der Waals surface area contributed by atoms with Crippen LogP contribution in [-0.4, -0.2) is 64.1 Å². The molecule has 3 aromatic carbocycles. The Morgan fingerprint density at radius 2 is 1.66 bits per heavy atom. The van der Waals surface area contributed by atoms with Crippen molar-refractivity contribution >= 4 is 47.6 Å². The van der Waals surface area contributed by atoms with Crippen molar-refractivity contribution in [2.24, 2.45) is 0 Å². The van der Waals surface area contributed by atoms with Gasteiger partial charge in [-0.2, -0.15) is 10.1 Å². The molecule has 264 valence electrons. The number of amides is 1. The van der Waals surface area contributed by atoms with E-state index in [2.05, 4.69) is 102 Å². The Bertz CT molecular complexity index is 1860. The van der Waals surface area contributed by atoms with Crippen LogP contribution in [0, 0.1) is 5.82 Å². The van der Waals surface area contributed by atoms with Crippen LogP contribution in [0.3, 0.4) is 0 Å². The third-order valence-electron chi connectivity index (χ3n) is 8.83. The molecule has 1 amide bonds. The molecule has 11 nitrogen and oxygen atoms in total. The molecule has 0 aliphatic rings. The fraction of sp³-hybridized carbons (Fsp3) is 0.351.